The van der Waals surface area contributed by atoms with Crippen LogP contribution in [0.15, 0.2) is 29.8 Å². The first-order valence-corrected chi connectivity index (χ1v) is 11.1. The molecule has 2 aromatic rings. The van der Waals surface area contributed by atoms with Crippen molar-refractivity contribution in [3.05, 3.63) is 63.7 Å². The van der Waals surface area contributed by atoms with Gasteiger partial charge in [0.2, 0.25) is 0 Å². The number of hydrogen-bond donors (Lipinski definition) is 2. The third-order valence-electron chi connectivity index (χ3n) is 5.88. The highest BCUT2D eigenvalue weighted by molar-refractivity contribution is 6.46. The summed E-state index contributed by atoms with van der Waals surface area (Å²) in [6.45, 7) is 6.12. The summed E-state index contributed by atoms with van der Waals surface area (Å²) in [7, 11) is 3.81. The van der Waals surface area contributed by atoms with Crippen LogP contribution in [0.1, 0.15) is 52.3 Å². The van der Waals surface area contributed by atoms with Crippen LogP contribution in [0, 0.1) is 19.7 Å². The number of amides is 1. The van der Waals surface area contributed by atoms with Gasteiger partial charge in [-0.1, -0.05) is 12.1 Å². The van der Waals surface area contributed by atoms with Gasteiger partial charge in [0.05, 0.1) is 18.2 Å². The van der Waals surface area contributed by atoms with E-state index in [9.17, 15) is 23.9 Å². The lowest BCUT2D eigenvalue weighted by Gasteiger charge is -2.26. The van der Waals surface area contributed by atoms with Crippen molar-refractivity contribution in [1.82, 2.24) is 14.8 Å². The van der Waals surface area contributed by atoms with Gasteiger partial charge in [0.1, 0.15) is 17.3 Å². The third kappa shape index (κ3) is 4.75. The van der Waals surface area contributed by atoms with Gasteiger partial charge in [-0.25, -0.2) is 9.18 Å². The molecule has 2 N–H and O–H groups in total. The summed E-state index contributed by atoms with van der Waals surface area (Å²) >= 11 is 0. The predicted molar refractivity (Wildman–Crippen MR) is 125 cm³/mol. The first kappa shape index (κ1) is 25.2. The number of H-pyrrole nitrogens is 1. The van der Waals surface area contributed by atoms with Crippen LogP contribution in [-0.2, 0) is 14.3 Å². The second-order valence-electron chi connectivity index (χ2n) is 8.55. The number of carbonyl (C=O) groups excluding carboxylic acids is 3. The number of likely N-dealkylation sites (tertiary alicyclic amines) is 1. The standard InChI is InChI=1S/C25H30FN3O5/c1-6-34-25(33)20-14(2)18(15(3)27-20)22(30)19-21(16-8-10-17(26)11-9-16)29(24(32)23(19)31)13-7-12-28(4)5/h8-11,21,27,30H,6-7,12-13H2,1-5H3/b22-19+/t21-/m1/s1. The number of hydrogen-bond acceptors (Lipinski definition) is 6. The number of ketones is 1. The van der Waals surface area contributed by atoms with E-state index in [0.29, 0.717) is 29.8 Å². The zero-order valence-electron chi connectivity index (χ0n) is 20.1. The third-order valence-corrected chi connectivity index (χ3v) is 5.88. The van der Waals surface area contributed by atoms with Gasteiger partial charge < -0.3 is 24.6 Å². The average Bonchev–Trinajstić information content (AvgIpc) is 3.21. The van der Waals surface area contributed by atoms with Gasteiger partial charge in [0.15, 0.2) is 0 Å². The summed E-state index contributed by atoms with van der Waals surface area (Å²) in [6.07, 6.45) is 0.604. The van der Waals surface area contributed by atoms with Gasteiger partial charge in [-0.05, 0) is 71.1 Å². The van der Waals surface area contributed by atoms with E-state index in [0.717, 1.165) is 0 Å². The Labute approximate surface area is 198 Å². The molecule has 1 fully saturated rings. The van der Waals surface area contributed by atoms with Crippen LogP contribution in [0.2, 0.25) is 0 Å². The van der Waals surface area contributed by atoms with E-state index in [1.54, 1.807) is 20.8 Å². The summed E-state index contributed by atoms with van der Waals surface area (Å²) in [6, 6.07) is 4.61. The lowest BCUT2D eigenvalue weighted by molar-refractivity contribution is -0.139. The number of benzene rings is 1. The van der Waals surface area contributed by atoms with Gasteiger partial charge in [0, 0.05) is 17.8 Å². The highest BCUT2D eigenvalue weighted by Gasteiger charge is 2.46. The second kappa shape index (κ2) is 10.2. The van der Waals surface area contributed by atoms with Crippen LogP contribution in [0.3, 0.4) is 0 Å². The van der Waals surface area contributed by atoms with Gasteiger partial charge in [0.25, 0.3) is 11.7 Å². The molecular weight excluding hydrogens is 441 g/mol. The molecule has 0 aliphatic carbocycles. The zero-order valence-corrected chi connectivity index (χ0v) is 20.1. The number of rotatable bonds is 8. The van der Waals surface area contributed by atoms with E-state index in [2.05, 4.69) is 4.98 Å². The Morgan fingerprint density at radius 1 is 1.21 bits per heavy atom. The second-order valence-corrected chi connectivity index (χ2v) is 8.55. The smallest absolute Gasteiger partial charge is 0.355 e. The molecular formula is C25H30FN3O5. The van der Waals surface area contributed by atoms with E-state index in [4.69, 9.17) is 4.74 Å². The lowest BCUT2D eigenvalue weighted by Crippen LogP contribution is -2.32. The van der Waals surface area contributed by atoms with Crippen LogP contribution >= 0.6 is 0 Å². The number of nitrogens with zero attached hydrogens (tertiary/aromatic N) is 2. The molecule has 34 heavy (non-hydrogen) atoms. The Hall–Kier alpha value is -3.46. The van der Waals surface area contributed by atoms with E-state index in [1.165, 1.54) is 29.2 Å². The molecule has 0 radical (unpaired) electrons. The molecule has 0 spiro atoms. The molecule has 1 aliphatic heterocycles. The Bertz CT molecular complexity index is 1130. The SMILES string of the molecule is CCOC(=O)c1[nH]c(C)c(/C(O)=C2\C(=O)C(=O)N(CCCN(C)C)[C@@H]2c2ccc(F)cc2)c1C. The first-order chi connectivity index (χ1) is 16.1. The number of nitrogens with one attached hydrogen (secondary N) is 1. The van der Waals surface area contributed by atoms with Gasteiger partial charge >= 0.3 is 5.97 Å². The Morgan fingerprint density at radius 3 is 2.44 bits per heavy atom. The number of carbonyl (C=O) groups is 3. The largest absolute Gasteiger partial charge is 0.507 e. The fourth-order valence-corrected chi connectivity index (χ4v) is 4.31. The average molecular weight is 472 g/mol. The fourth-order valence-electron chi connectivity index (χ4n) is 4.31. The molecule has 1 saturated heterocycles. The predicted octanol–water partition coefficient (Wildman–Crippen LogP) is 3.32. The van der Waals surface area contributed by atoms with Crippen molar-refractivity contribution in [2.24, 2.45) is 0 Å². The van der Waals surface area contributed by atoms with Crippen LogP contribution < -0.4 is 0 Å². The quantitative estimate of drug-likeness (QED) is 0.265. The van der Waals surface area contributed by atoms with Crippen molar-refractivity contribution in [1.29, 1.82) is 0 Å². The molecule has 1 aromatic carbocycles. The number of aromatic nitrogens is 1. The number of aryl methyl sites for hydroxylation is 1. The number of Topliss-reactive ketones (excluding diaryl/α,β-unsaturated/α-hetero) is 1. The number of aliphatic hydroxyl groups excluding tert-OH is 1. The minimum atomic E-state index is -0.887. The Balaban J connectivity index is 2.15. The van der Waals surface area contributed by atoms with Crippen molar-refractivity contribution in [3.63, 3.8) is 0 Å². The van der Waals surface area contributed by atoms with E-state index < -0.39 is 29.5 Å². The van der Waals surface area contributed by atoms with Gasteiger partial charge in [-0.2, -0.15) is 0 Å². The summed E-state index contributed by atoms with van der Waals surface area (Å²) < 4.78 is 18.7. The number of ether oxygens (including phenoxy) is 1. The molecule has 1 amide bonds. The lowest BCUT2D eigenvalue weighted by atomic mass is 9.94. The summed E-state index contributed by atoms with van der Waals surface area (Å²) in [5.74, 6) is -2.98. The van der Waals surface area contributed by atoms with E-state index in [1.807, 2.05) is 19.0 Å². The van der Waals surface area contributed by atoms with Crippen molar-refractivity contribution in [3.8, 4) is 0 Å². The Morgan fingerprint density at radius 2 is 1.85 bits per heavy atom. The maximum atomic E-state index is 13.6. The first-order valence-electron chi connectivity index (χ1n) is 11.1. The number of halogens is 1. The molecule has 1 aliphatic rings. The maximum Gasteiger partial charge on any atom is 0.355 e. The molecule has 0 bridgehead atoms. The van der Waals surface area contributed by atoms with Crippen molar-refractivity contribution in [2.45, 2.75) is 33.2 Å². The van der Waals surface area contributed by atoms with Crippen LogP contribution in [0.5, 0.6) is 0 Å². The molecule has 1 atom stereocenters. The summed E-state index contributed by atoms with van der Waals surface area (Å²) in [5.41, 5.74) is 1.70. The molecule has 3 rings (SSSR count). The van der Waals surface area contributed by atoms with Gasteiger partial charge in [-0.15, -0.1) is 0 Å². The highest BCUT2D eigenvalue weighted by atomic mass is 19.1. The molecule has 8 nitrogen and oxygen atoms in total. The monoisotopic (exact) mass is 471 g/mol. The van der Waals surface area contributed by atoms with Crippen molar-refractivity contribution in [2.75, 3.05) is 33.8 Å². The van der Waals surface area contributed by atoms with Crippen molar-refractivity contribution >= 4 is 23.4 Å². The minimum Gasteiger partial charge on any atom is -0.507 e. The normalized spacial score (nSPS) is 17.6. The number of aliphatic hydroxyl groups is 1. The topological polar surface area (TPSA) is 103 Å². The maximum absolute atomic E-state index is 13.6. The number of esters is 1. The summed E-state index contributed by atoms with van der Waals surface area (Å²) in [5, 5.41) is 11.3. The van der Waals surface area contributed by atoms with E-state index >= 15 is 0 Å². The van der Waals surface area contributed by atoms with Gasteiger partial charge in [-0.3, -0.25) is 9.59 Å². The van der Waals surface area contributed by atoms with Crippen molar-refractivity contribution < 1.29 is 28.6 Å². The van der Waals surface area contributed by atoms with Crippen LogP contribution in [0.4, 0.5) is 4.39 Å². The fraction of sp³-hybridized carbons (Fsp3) is 0.400. The minimum absolute atomic E-state index is 0.0953. The van der Waals surface area contributed by atoms with Crippen LogP contribution in [-0.4, -0.2) is 71.3 Å². The highest BCUT2D eigenvalue weighted by Crippen LogP contribution is 2.41. The Kier molecular flexibility index (Phi) is 7.56. The molecule has 1 aromatic heterocycles. The van der Waals surface area contributed by atoms with E-state index in [-0.39, 0.29) is 35.7 Å². The number of aromatic amines is 1. The zero-order chi connectivity index (χ0) is 25.2. The molecule has 182 valence electrons. The molecule has 2 heterocycles. The molecule has 9 heteroatoms. The van der Waals surface area contributed by atoms with Crippen LogP contribution in [0.25, 0.3) is 5.76 Å². The molecule has 0 unspecified atom stereocenters. The molecule has 0 saturated carbocycles. The summed E-state index contributed by atoms with van der Waals surface area (Å²) in [4.78, 5) is 44.8.